The molecule has 1 aromatic carbocycles. The Kier molecular flexibility index (Phi) is 2.28. The molecule has 0 bridgehead atoms. The van der Waals surface area contributed by atoms with Crippen LogP contribution in [0.25, 0.3) is 5.69 Å². The van der Waals surface area contributed by atoms with Crippen molar-refractivity contribution < 1.29 is 9.18 Å². The van der Waals surface area contributed by atoms with Gasteiger partial charge in [-0.15, -0.1) is 0 Å². The predicted octanol–water partition coefficient (Wildman–Crippen LogP) is 2.70. The van der Waals surface area contributed by atoms with Crippen LogP contribution in [0.5, 0.6) is 0 Å². The van der Waals surface area contributed by atoms with Gasteiger partial charge < -0.3 is 0 Å². The molecular formula is C13H11FN2O. The van der Waals surface area contributed by atoms with Crippen molar-refractivity contribution in [1.29, 1.82) is 0 Å². The summed E-state index contributed by atoms with van der Waals surface area (Å²) in [4.78, 5) is 10.7. The Bertz CT molecular complexity index is 573. The molecule has 1 fully saturated rings. The molecule has 0 amide bonds. The lowest BCUT2D eigenvalue weighted by molar-refractivity contribution is 0.112. The van der Waals surface area contributed by atoms with E-state index < -0.39 is 5.82 Å². The van der Waals surface area contributed by atoms with Gasteiger partial charge in [-0.25, -0.2) is 9.07 Å². The number of hydrogen-bond acceptors (Lipinski definition) is 2. The number of benzene rings is 1. The fourth-order valence-electron chi connectivity index (χ4n) is 1.88. The highest BCUT2D eigenvalue weighted by Gasteiger charge is 2.25. The van der Waals surface area contributed by atoms with Crippen molar-refractivity contribution in [2.24, 2.45) is 0 Å². The largest absolute Gasteiger partial charge is 0.298 e. The van der Waals surface area contributed by atoms with Crippen molar-refractivity contribution >= 4 is 6.29 Å². The molecule has 1 saturated carbocycles. The summed E-state index contributed by atoms with van der Waals surface area (Å²) in [5.74, 6) is 0.142. The smallest absolute Gasteiger partial charge is 0.150 e. The quantitative estimate of drug-likeness (QED) is 0.760. The first-order valence-corrected chi connectivity index (χ1v) is 5.58. The second-order valence-electron chi connectivity index (χ2n) is 4.32. The lowest BCUT2D eigenvalue weighted by Gasteiger charge is -2.02. The number of carbonyl (C=O) groups is 1. The topological polar surface area (TPSA) is 34.9 Å². The molecule has 1 aliphatic rings. The fourth-order valence-corrected chi connectivity index (χ4v) is 1.88. The molecule has 0 unspecified atom stereocenters. The molecule has 3 rings (SSSR count). The van der Waals surface area contributed by atoms with E-state index in [1.54, 1.807) is 16.9 Å². The highest BCUT2D eigenvalue weighted by atomic mass is 19.1. The summed E-state index contributed by atoms with van der Waals surface area (Å²) in [6.07, 6.45) is 4.80. The number of aromatic nitrogens is 2. The van der Waals surface area contributed by atoms with Crippen molar-refractivity contribution in [1.82, 2.24) is 9.78 Å². The molecule has 0 saturated heterocycles. The van der Waals surface area contributed by atoms with Gasteiger partial charge in [-0.1, -0.05) is 0 Å². The van der Waals surface area contributed by atoms with Crippen LogP contribution in [0.15, 0.2) is 30.5 Å². The first-order chi connectivity index (χ1) is 8.26. The van der Waals surface area contributed by atoms with Crippen molar-refractivity contribution in [2.45, 2.75) is 18.8 Å². The van der Waals surface area contributed by atoms with E-state index in [0.717, 1.165) is 5.69 Å². The Morgan fingerprint density at radius 2 is 2.18 bits per heavy atom. The molecule has 2 aromatic rings. The average Bonchev–Trinajstić information content (AvgIpc) is 3.06. The van der Waals surface area contributed by atoms with Gasteiger partial charge in [0.25, 0.3) is 0 Å². The van der Waals surface area contributed by atoms with Crippen LogP contribution in [0.3, 0.4) is 0 Å². The van der Waals surface area contributed by atoms with Gasteiger partial charge in [0.1, 0.15) is 12.1 Å². The van der Waals surface area contributed by atoms with Crippen LogP contribution in [0.1, 0.15) is 34.8 Å². The van der Waals surface area contributed by atoms with Gasteiger partial charge >= 0.3 is 0 Å². The zero-order chi connectivity index (χ0) is 11.8. The summed E-state index contributed by atoms with van der Waals surface area (Å²) < 4.78 is 14.9. The highest BCUT2D eigenvalue weighted by molar-refractivity contribution is 5.75. The standard InChI is InChI=1S/C13H11FN2O/c14-11-5-9(8-17)6-12(7-11)16-4-3-13(15-16)10-1-2-10/h3-8,10H,1-2H2. The van der Waals surface area contributed by atoms with Gasteiger partial charge in [-0.05, 0) is 37.1 Å². The predicted molar refractivity (Wildman–Crippen MR) is 60.9 cm³/mol. The van der Waals surface area contributed by atoms with E-state index in [4.69, 9.17) is 0 Å². The fraction of sp³-hybridized carbons (Fsp3) is 0.231. The molecule has 0 spiro atoms. The second kappa shape index (κ2) is 3.80. The molecule has 86 valence electrons. The summed E-state index contributed by atoms with van der Waals surface area (Å²) in [7, 11) is 0. The Morgan fingerprint density at radius 1 is 1.35 bits per heavy atom. The Balaban J connectivity index is 2.00. The van der Waals surface area contributed by atoms with E-state index in [1.807, 2.05) is 6.07 Å². The molecule has 0 atom stereocenters. The first-order valence-electron chi connectivity index (χ1n) is 5.58. The maximum atomic E-state index is 13.3. The van der Waals surface area contributed by atoms with E-state index in [0.29, 0.717) is 23.5 Å². The molecule has 0 radical (unpaired) electrons. The van der Waals surface area contributed by atoms with Crippen LogP contribution in [-0.2, 0) is 0 Å². The maximum absolute atomic E-state index is 13.3. The molecule has 1 heterocycles. The van der Waals surface area contributed by atoms with E-state index in [1.165, 1.54) is 25.0 Å². The third-order valence-electron chi connectivity index (χ3n) is 2.91. The van der Waals surface area contributed by atoms with Crippen LogP contribution < -0.4 is 0 Å². The second-order valence-corrected chi connectivity index (χ2v) is 4.32. The number of hydrogen-bond donors (Lipinski definition) is 0. The van der Waals surface area contributed by atoms with Gasteiger partial charge in [0.05, 0.1) is 11.4 Å². The first kappa shape index (κ1) is 10.2. The Labute approximate surface area is 97.9 Å². The molecule has 3 nitrogen and oxygen atoms in total. The molecule has 0 N–H and O–H groups in total. The molecule has 4 heteroatoms. The number of halogens is 1. The van der Waals surface area contributed by atoms with Gasteiger partial charge in [0.15, 0.2) is 0 Å². The molecular weight excluding hydrogens is 219 g/mol. The van der Waals surface area contributed by atoms with Gasteiger partial charge in [-0.2, -0.15) is 5.10 Å². The van der Waals surface area contributed by atoms with Crippen LogP contribution >= 0.6 is 0 Å². The zero-order valence-electron chi connectivity index (χ0n) is 9.14. The van der Waals surface area contributed by atoms with Gasteiger partial charge in [0.2, 0.25) is 0 Å². The van der Waals surface area contributed by atoms with E-state index in [-0.39, 0.29) is 0 Å². The third-order valence-corrected chi connectivity index (χ3v) is 2.91. The van der Waals surface area contributed by atoms with Crippen LogP contribution in [0.2, 0.25) is 0 Å². The molecule has 0 aliphatic heterocycles. The molecule has 1 aromatic heterocycles. The zero-order valence-corrected chi connectivity index (χ0v) is 9.14. The SMILES string of the molecule is O=Cc1cc(F)cc(-n2ccc(C3CC3)n2)c1. The maximum Gasteiger partial charge on any atom is 0.150 e. The van der Waals surface area contributed by atoms with Gasteiger partial charge in [-0.3, -0.25) is 4.79 Å². The Hall–Kier alpha value is -1.97. The van der Waals surface area contributed by atoms with Crippen LogP contribution in [0.4, 0.5) is 4.39 Å². The lowest BCUT2D eigenvalue weighted by atomic mass is 10.2. The highest BCUT2D eigenvalue weighted by Crippen LogP contribution is 2.39. The average molecular weight is 230 g/mol. The summed E-state index contributed by atoms with van der Waals surface area (Å²) in [6.45, 7) is 0. The number of rotatable bonds is 3. The third kappa shape index (κ3) is 1.98. The van der Waals surface area contributed by atoms with E-state index in [2.05, 4.69) is 5.10 Å². The normalized spacial score (nSPS) is 14.9. The van der Waals surface area contributed by atoms with E-state index in [9.17, 15) is 9.18 Å². The van der Waals surface area contributed by atoms with Crippen LogP contribution in [-0.4, -0.2) is 16.1 Å². The van der Waals surface area contributed by atoms with Crippen molar-refractivity contribution in [3.05, 3.63) is 47.5 Å². The number of carbonyl (C=O) groups excluding carboxylic acids is 1. The monoisotopic (exact) mass is 230 g/mol. The van der Waals surface area contributed by atoms with Crippen molar-refractivity contribution in [3.8, 4) is 5.69 Å². The van der Waals surface area contributed by atoms with Gasteiger partial charge in [0, 0.05) is 17.7 Å². The van der Waals surface area contributed by atoms with Crippen molar-refractivity contribution in [2.75, 3.05) is 0 Å². The molecule has 17 heavy (non-hydrogen) atoms. The summed E-state index contributed by atoms with van der Waals surface area (Å²) in [5, 5.41) is 4.39. The minimum Gasteiger partial charge on any atom is -0.298 e. The lowest BCUT2D eigenvalue weighted by Crippen LogP contribution is -1.98. The van der Waals surface area contributed by atoms with Crippen molar-refractivity contribution in [3.63, 3.8) is 0 Å². The molecule has 1 aliphatic carbocycles. The minimum atomic E-state index is -0.423. The number of aldehydes is 1. The number of nitrogens with zero attached hydrogens (tertiary/aromatic N) is 2. The summed E-state index contributed by atoms with van der Waals surface area (Å²) in [6, 6.07) is 6.15. The summed E-state index contributed by atoms with van der Waals surface area (Å²) in [5.41, 5.74) is 1.95. The minimum absolute atomic E-state index is 0.323. The van der Waals surface area contributed by atoms with E-state index >= 15 is 0 Å². The Morgan fingerprint density at radius 3 is 2.88 bits per heavy atom. The summed E-state index contributed by atoms with van der Waals surface area (Å²) >= 11 is 0. The van der Waals surface area contributed by atoms with Crippen LogP contribution in [0, 0.1) is 5.82 Å².